The number of amides is 1. The van der Waals surface area contributed by atoms with Crippen molar-refractivity contribution in [3.05, 3.63) is 29.3 Å². The first kappa shape index (κ1) is 17.2. The highest BCUT2D eigenvalue weighted by molar-refractivity contribution is 5.94. The zero-order valence-corrected chi connectivity index (χ0v) is 14.7. The number of aromatic nitrogens is 3. The molecule has 1 aliphatic rings. The van der Waals surface area contributed by atoms with Crippen LogP contribution in [-0.2, 0) is 0 Å². The van der Waals surface area contributed by atoms with Crippen molar-refractivity contribution in [2.75, 3.05) is 36.4 Å². The van der Waals surface area contributed by atoms with Gasteiger partial charge in [0.2, 0.25) is 5.95 Å². The molecule has 0 saturated carbocycles. The van der Waals surface area contributed by atoms with Crippen LogP contribution in [0.4, 0.5) is 11.8 Å². The molecule has 0 radical (unpaired) electrons. The summed E-state index contributed by atoms with van der Waals surface area (Å²) in [7, 11) is 0. The number of nitrogens with one attached hydrogen (secondary N) is 2. The zero-order chi connectivity index (χ0) is 17.6. The van der Waals surface area contributed by atoms with Gasteiger partial charge in [0.15, 0.2) is 0 Å². The van der Waals surface area contributed by atoms with Crippen molar-refractivity contribution in [1.29, 1.82) is 0 Å². The topological polar surface area (TPSA) is 96.2 Å². The Labute approximate surface area is 147 Å². The van der Waals surface area contributed by atoms with Crippen molar-refractivity contribution >= 4 is 17.7 Å². The summed E-state index contributed by atoms with van der Waals surface area (Å²) in [6.45, 7) is 6.77. The third-order valence-electron chi connectivity index (χ3n) is 4.21. The number of nitrogens with zero attached hydrogens (tertiary/aromatic N) is 4. The van der Waals surface area contributed by atoms with E-state index in [1.165, 1.54) is 25.5 Å². The van der Waals surface area contributed by atoms with E-state index in [2.05, 4.69) is 30.7 Å². The zero-order valence-electron chi connectivity index (χ0n) is 14.7. The number of hydrogen-bond acceptors (Lipinski definition) is 7. The Hall–Kier alpha value is -2.64. The van der Waals surface area contributed by atoms with E-state index in [4.69, 9.17) is 4.52 Å². The summed E-state index contributed by atoms with van der Waals surface area (Å²) in [4.78, 5) is 23.3. The Morgan fingerprint density at radius 2 is 2.00 bits per heavy atom. The normalized spacial score (nSPS) is 14.4. The first-order valence-corrected chi connectivity index (χ1v) is 8.67. The number of piperidine rings is 1. The Kier molecular flexibility index (Phi) is 5.47. The third-order valence-corrected chi connectivity index (χ3v) is 4.21. The average molecular weight is 344 g/mol. The molecule has 1 aliphatic heterocycles. The van der Waals surface area contributed by atoms with Gasteiger partial charge in [-0.15, -0.1) is 0 Å². The van der Waals surface area contributed by atoms with Crippen molar-refractivity contribution < 1.29 is 9.32 Å². The lowest BCUT2D eigenvalue weighted by Crippen LogP contribution is -2.31. The van der Waals surface area contributed by atoms with E-state index in [0.717, 1.165) is 24.6 Å². The summed E-state index contributed by atoms with van der Waals surface area (Å²) in [5, 5.41) is 9.61. The molecule has 1 fully saturated rings. The molecule has 8 heteroatoms. The Bertz CT molecular complexity index is 724. The summed E-state index contributed by atoms with van der Waals surface area (Å²) in [6, 6.07) is 2.02. The van der Waals surface area contributed by atoms with Crippen molar-refractivity contribution in [2.45, 2.75) is 33.1 Å². The van der Waals surface area contributed by atoms with E-state index in [9.17, 15) is 4.79 Å². The minimum absolute atomic E-state index is 0.195. The van der Waals surface area contributed by atoms with E-state index >= 15 is 0 Å². The number of carbonyl (C=O) groups excluding carboxylic acids is 1. The lowest BCUT2D eigenvalue weighted by molar-refractivity contribution is 0.0953. The standard InChI is InChI=1S/C17H24N6O2/c1-12-10-15(23-8-4-3-5-9-23)22-17(21-12)19-7-6-18-16(24)14-11-20-25-13(14)2/h10-11H,3-9H2,1-2H3,(H,18,24)(H,19,21,22). The smallest absolute Gasteiger partial charge is 0.256 e. The molecule has 0 aliphatic carbocycles. The summed E-state index contributed by atoms with van der Waals surface area (Å²) >= 11 is 0. The lowest BCUT2D eigenvalue weighted by atomic mass is 10.1. The fourth-order valence-corrected chi connectivity index (χ4v) is 2.88. The van der Waals surface area contributed by atoms with Gasteiger partial charge in [-0.3, -0.25) is 4.79 Å². The van der Waals surface area contributed by atoms with Crippen LogP contribution in [0.15, 0.2) is 16.8 Å². The van der Waals surface area contributed by atoms with Gasteiger partial charge in [-0.05, 0) is 33.1 Å². The highest BCUT2D eigenvalue weighted by Crippen LogP contribution is 2.19. The van der Waals surface area contributed by atoms with Crippen LogP contribution in [0.1, 0.15) is 41.1 Å². The van der Waals surface area contributed by atoms with Gasteiger partial charge in [-0.25, -0.2) is 4.98 Å². The van der Waals surface area contributed by atoms with Gasteiger partial charge in [0.1, 0.15) is 17.1 Å². The molecule has 0 spiro atoms. The summed E-state index contributed by atoms with van der Waals surface area (Å²) in [5.41, 5.74) is 1.39. The summed E-state index contributed by atoms with van der Waals surface area (Å²) < 4.78 is 4.89. The molecular weight excluding hydrogens is 320 g/mol. The van der Waals surface area contributed by atoms with E-state index < -0.39 is 0 Å². The molecule has 0 aromatic carbocycles. The highest BCUT2D eigenvalue weighted by atomic mass is 16.5. The van der Waals surface area contributed by atoms with E-state index in [-0.39, 0.29) is 5.91 Å². The maximum atomic E-state index is 12.0. The third kappa shape index (κ3) is 4.46. The van der Waals surface area contributed by atoms with E-state index in [1.54, 1.807) is 6.92 Å². The molecule has 2 N–H and O–H groups in total. The van der Waals surface area contributed by atoms with Crippen molar-refractivity contribution in [1.82, 2.24) is 20.4 Å². The number of carbonyl (C=O) groups is 1. The van der Waals surface area contributed by atoms with Crippen LogP contribution in [0.5, 0.6) is 0 Å². The first-order chi connectivity index (χ1) is 12.1. The van der Waals surface area contributed by atoms with Gasteiger partial charge in [0.05, 0.1) is 6.20 Å². The quantitative estimate of drug-likeness (QED) is 0.773. The second-order valence-electron chi connectivity index (χ2n) is 6.22. The van der Waals surface area contributed by atoms with E-state index in [1.807, 2.05) is 13.0 Å². The lowest BCUT2D eigenvalue weighted by Gasteiger charge is -2.28. The van der Waals surface area contributed by atoms with Crippen molar-refractivity contribution in [3.63, 3.8) is 0 Å². The molecule has 1 saturated heterocycles. The van der Waals surface area contributed by atoms with Crippen molar-refractivity contribution in [3.8, 4) is 0 Å². The van der Waals surface area contributed by atoms with Crippen LogP contribution in [0.25, 0.3) is 0 Å². The fourth-order valence-electron chi connectivity index (χ4n) is 2.88. The van der Waals surface area contributed by atoms with Gasteiger partial charge < -0.3 is 20.1 Å². The molecule has 2 aromatic rings. The molecule has 0 atom stereocenters. The molecule has 0 unspecified atom stereocenters. The predicted molar refractivity (Wildman–Crippen MR) is 94.9 cm³/mol. The second kappa shape index (κ2) is 7.96. The summed E-state index contributed by atoms with van der Waals surface area (Å²) in [6.07, 6.45) is 5.13. The van der Waals surface area contributed by atoms with Gasteiger partial charge in [0.25, 0.3) is 5.91 Å². The predicted octanol–water partition coefficient (Wildman–Crippen LogP) is 1.91. The Morgan fingerprint density at radius 1 is 1.20 bits per heavy atom. The Balaban J connectivity index is 1.52. The maximum absolute atomic E-state index is 12.0. The summed E-state index contributed by atoms with van der Waals surface area (Å²) in [5.74, 6) is 1.88. The SMILES string of the molecule is Cc1cc(N2CCCCC2)nc(NCCNC(=O)c2cnoc2C)n1. The largest absolute Gasteiger partial charge is 0.361 e. The van der Waals surface area contributed by atoms with Crippen LogP contribution in [0, 0.1) is 13.8 Å². The number of rotatable bonds is 6. The van der Waals surface area contributed by atoms with Crippen LogP contribution in [0.2, 0.25) is 0 Å². The van der Waals surface area contributed by atoms with Gasteiger partial charge in [-0.2, -0.15) is 4.98 Å². The molecule has 1 amide bonds. The Morgan fingerprint density at radius 3 is 2.72 bits per heavy atom. The van der Waals surface area contributed by atoms with Crippen molar-refractivity contribution in [2.24, 2.45) is 0 Å². The molecule has 8 nitrogen and oxygen atoms in total. The van der Waals surface area contributed by atoms with Gasteiger partial charge in [0, 0.05) is 37.9 Å². The monoisotopic (exact) mass is 344 g/mol. The van der Waals surface area contributed by atoms with Crippen LogP contribution < -0.4 is 15.5 Å². The first-order valence-electron chi connectivity index (χ1n) is 8.67. The molecule has 25 heavy (non-hydrogen) atoms. The average Bonchev–Trinajstić information content (AvgIpc) is 3.05. The number of hydrogen-bond donors (Lipinski definition) is 2. The molecule has 134 valence electrons. The van der Waals surface area contributed by atoms with Crippen LogP contribution >= 0.6 is 0 Å². The molecule has 3 rings (SSSR count). The fraction of sp³-hybridized carbons (Fsp3) is 0.529. The second-order valence-corrected chi connectivity index (χ2v) is 6.22. The molecular formula is C17H24N6O2. The van der Waals surface area contributed by atoms with E-state index in [0.29, 0.717) is 30.4 Å². The maximum Gasteiger partial charge on any atom is 0.256 e. The highest BCUT2D eigenvalue weighted by Gasteiger charge is 2.14. The minimum atomic E-state index is -0.195. The molecule has 3 heterocycles. The van der Waals surface area contributed by atoms with Gasteiger partial charge >= 0.3 is 0 Å². The van der Waals surface area contributed by atoms with Gasteiger partial charge in [-0.1, -0.05) is 5.16 Å². The number of anilines is 2. The molecule has 2 aromatic heterocycles. The molecule has 0 bridgehead atoms. The number of aryl methyl sites for hydroxylation is 2. The van der Waals surface area contributed by atoms with Crippen LogP contribution in [-0.4, -0.2) is 47.2 Å². The van der Waals surface area contributed by atoms with Crippen LogP contribution in [0.3, 0.4) is 0 Å². The minimum Gasteiger partial charge on any atom is -0.361 e.